The number of benzene rings is 1. The van der Waals surface area contributed by atoms with E-state index in [1.54, 1.807) is 18.1 Å². The van der Waals surface area contributed by atoms with Crippen LogP contribution in [0.15, 0.2) is 32.1 Å². The van der Waals surface area contributed by atoms with Crippen LogP contribution in [0.2, 0.25) is 0 Å². The van der Waals surface area contributed by atoms with E-state index < -0.39 is 5.97 Å². The summed E-state index contributed by atoms with van der Waals surface area (Å²) in [5, 5.41) is 24.6. The lowest BCUT2D eigenvalue weighted by molar-refractivity contribution is -0.139. The van der Waals surface area contributed by atoms with E-state index in [2.05, 4.69) is 36.8 Å². The van der Waals surface area contributed by atoms with Crippen LogP contribution in [-0.4, -0.2) is 63.2 Å². The maximum absolute atomic E-state index is 13.2. The number of halogens is 2. The number of aromatic nitrogens is 2. The van der Waals surface area contributed by atoms with E-state index in [1.165, 1.54) is 40.3 Å². The van der Waals surface area contributed by atoms with Crippen molar-refractivity contribution in [2.24, 2.45) is 5.10 Å². The summed E-state index contributed by atoms with van der Waals surface area (Å²) in [5.41, 5.74) is 2.79. The zero-order chi connectivity index (χ0) is 20.1. The number of nitrogens with one attached hydrogen (secondary N) is 1. The highest BCUT2D eigenvalue weighted by Gasteiger charge is 2.25. The van der Waals surface area contributed by atoms with Gasteiger partial charge in [0.2, 0.25) is 5.84 Å². The number of thioether (sulfide) groups is 1. The second kappa shape index (κ2) is 9.49. The minimum absolute atomic E-state index is 0.268. The van der Waals surface area contributed by atoms with Crippen molar-refractivity contribution < 1.29 is 19.0 Å². The van der Waals surface area contributed by atoms with Gasteiger partial charge >= 0.3 is 5.97 Å². The summed E-state index contributed by atoms with van der Waals surface area (Å²) >= 11 is 6.23. The summed E-state index contributed by atoms with van der Waals surface area (Å²) in [5.74, 6) is 0.402. The van der Waals surface area contributed by atoms with Gasteiger partial charge in [-0.25, -0.2) is 4.39 Å². The number of nitrogens with zero attached hydrogens (tertiary/aromatic N) is 5. The molecule has 3 rings (SSSR count). The molecule has 0 spiro atoms. The van der Waals surface area contributed by atoms with Crippen molar-refractivity contribution in [3.8, 4) is 5.75 Å². The topological polar surface area (TPSA) is 103 Å². The summed E-state index contributed by atoms with van der Waals surface area (Å²) < 4.78 is 20.3. The van der Waals surface area contributed by atoms with Gasteiger partial charge in [0.05, 0.1) is 11.1 Å². The van der Waals surface area contributed by atoms with Crippen LogP contribution >= 0.6 is 39.0 Å². The van der Waals surface area contributed by atoms with Crippen molar-refractivity contribution in [3.63, 3.8) is 0 Å². The molecule has 9 nitrogen and oxygen atoms in total. The maximum Gasteiger partial charge on any atom is 0.326 e. The smallest absolute Gasteiger partial charge is 0.326 e. The van der Waals surface area contributed by atoms with Gasteiger partial charge in [-0.1, -0.05) is 23.1 Å². The molecule has 2 N–H and O–H groups in total. The van der Waals surface area contributed by atoms with E-state index in [-0.39, 0.29) is 12.4 Å². The van der Waals surface area contributed by atoms with E-state index in [1.807, 2.05) is 0 Å². The molecule has 0 atom stereocenters. The monoisotopic (exact) mass is 490 g/mol. The van der Waals surface area contributed by atoms with Crippen LogP contribution in [0.3, 0.4) is 0 Å². The molecule has 2 aromatic rings. The van der Waals surface area contributed by atoms with Crippen molar-refractivity contribution in [2.75, 3.05) is 26.0 Å². The van der Waals surface area contributed by atoms with Crippen LogP contribution in [0.1, 0.15) is 11.4 Å². The number of hydrogen-bond acceptors (Lipinski definition) is 10. The van der Waals surface area contributed by atoms with E-state index >= 15 is 0 Å². The summed E-state index contributed by atoms with van der Waals surface area (Å²) in [6.45, 7) is 0.180. The molecule has 0 saturated carbocycles. The Morgan fingerprint density at radius 3 is 3.07 bits per heavy atom. The summed E-state index contributed by atoms with van der Waals surface area (Å²) in [6, 6.07) is 4.31. The Hall–Kier alpha value is -1.96. The number of hydrogen-bond donors (Lipinski definition) is 2. The molecule has 0 aliphatic carbocycles. The Bertz CT molecular complexity index is 883. The lowest BCUT2D eigenvalue weighted by atomic mass is 10.3. The fourth-order valence-corrected chi connectivity index (χ4v) is 4.37. The number of hydrazone groups is 1. The van der Waals surface area contributed by atoms with Gasteiger partial charge in [0.1, 0.15) is 11.6 Å². The second-order valence-corrected chi connectivity index (χ2v) is 8.71. The van der Waals surface area contributed by atoms with Gasteiger partial charge in [-0.05, 0) is 34.5 Å². The fourth-order valence-electron chi connectivity index (χ4n) is 2.16. The molecular weight excluding hydrogens is 475 g/mol. The Morgan fingerprint density at radius 2 is 2.29 bits per heavy atom. The highest BCUT2D eigenvalue weighted by Crippen LogP contribution is 2.27. The second-order valence-electron chi connectivity index (χ2n) is 5.53. The molecule has 1 aromatic heterocycles. The zero-order valence-corrected chi connectivity index (χ0v) is 17.9. The van der Waals surface area contributed by atoms with Crippen molar-refractivity contribution in [3.05, 3.63) is 33.5 Å². The Kier molecular flexibility index (Phi) is 7.04. The number of carbonyl (C=O) groups is 1. The van der Waals surface area contributed by atoms with Crippen molar-refractivity contribution in [2.45, 2.75) is 10.8 Å². The third kappa shape index (κ3) is 5.53. The largest absolute Gasteiger partial charge is 0.492 e. The molecule has 1 aromatic carbocycles. The lowest BCUT2D eigenvalue weighted by Crippen LogP contribution is -2.42. The minimum atomic E-state index is -0.994. The Labute approximate surface area is 176 Å². The third-order valence-corrected chi connectivity index (χ3v) is 6.14. The lowest BCUT2D eigenvalue weighted by Gasteiger charge is -2.14. The molecule has 28 heavy (non-hydrogen) atoms. The van der Waals surface area contributed by atoms with Crippen LogP contribution in [0, 0.1) is 5.82 Å². The van der Waals surface area contributed by atoms with Gasteiger partial charge in [0.15, 0.2) is 15.9 Å². The number of rotatable bonds is 9. The number of carboxylic acids is 1. The first-order valence-corrected chi connectivity index (χ1v) is 10.6. The number of aliphatic carboxylic acids is 1. The molecule has 0 saturated heterocycles. The van der Waals surface area contributed by atoms with Crippen LogP contribution in [0.4, 0.5) is 4.39 Å². The van der Waals surface area contributed by atoms with Gasteiger partial charge < -0.3 is 9.84 Å². The van der Waals surface area contributed by atoms with Crippen molar-refractivity contribution in [1.82, 2.24) is 25.9 Å². The summed E-state index contributed by atoms with van der Waals surface area (Å²) in [4.78, 5) is 10.8. The van der Waals surface area contributed by atoms with Gasteiger partial charge in [0, 0.05) is 18.9 Å². The fraction of sp³-hybridized carbons (Fsp3) is 0.333. The van der Waals surface area contributed by atoms with Crippen LogP contribution in [0.25, 0.3) is 0 Å². The van der Waals surface area contributed by atoms with Crippen molar-refractivity contribution in [1.29, 1.82) is 0 Å². The zero-order valence-electron chi connectivity index (χ0n) is 14.6. The first-order chi connectivity index (χ1) is 13.4. The highest BCUT2D eigenvalue weighted by molar-refractivity contribution is 9.10. The molecular formula is C15H16BrFN6O3S2. The number of carboxylic acid groups (broad SMARTS) is 1. The first kappa shape index (κ1) is 20.8. The first-order valence-electron chi connectivity index (χ1n) is 8.05. The summed E-state index contributed by atoms with van der Waals surface area (Å²) in [7, 11) is 1.72. The SMILES string of the molecule is CN1NN(CC(=O)O)N=C1c1nnc(SCCCOc2cc(F)ccc2Br)s1. The van der Waals surface area contributed by atoms with E-state index in [9.17, 15) is 9.18 Å². The number of amidine groups is 1. The van der Waals surface area contributed by atoms with Crippen LogP contribution in [0.5, 0.6) is 5.75 Å². The standard InChI is InChI=1S/C15H16BrFN6O3S2/c1-22-13(20-23(21-22)8-12(24)25)14-18-19-15(28-14)27-6-2-5-26-11-7-9(17)3-4-10(11)16/h3-4,7,21H,2,5-6,8H2,1H3,(H,24,25). The number of ether oxygens (including phenoxy) is 1. The normalized spacial score (nSPS) is 13.8. The van der Waals surface area contributed by atoms with Crippen molar-refractivity contribution >= 4 is 50.8 Å². The van der Waals surface area contributed by atoms with Gasteiger partial charge in [-0.15, -0.1) is 20.8 Å². The Morgan fingerprint density at radius 1 is 1.46 bits per heavy atom. The Balaban J connectivity index is 1.46. The highest BCUT2D eigenvalue weighted by atomic mass is 79.9. The average Bonchev–Trinajstić information content (AvgIpc) is 3.23. The minimum Gasteiger partial charge on any atom is -0.492 e. The van der Waals surface area contributed by atoms with E-state index in [0.717, 1.165) is 16.5 Å². The molecule has 2 heterocycles. The predicted molar refractivity (Wildman–Crippen MR) is 107 cm³/mol. The van der Waals surface area contributed by atoms with Crippen LogP contribution in [-0.2, 0) is 4.79 Å². The average molecular weight is 491 g/mol. The molecule has 1 aliphatic rings. The predicted octanol–water partition coefficient (Wildman–Crippen LogP) is 2.41. The maximum atomic E-state index is 13.2. The molecule has 0 radical (unpaired) electrons. The molecule has 13 heteroatoms. The molecule has 150 valence electrons. The van der Waals surface area contributed by atoms with E-state index in [4.69, 9.17) is 9.84 Å². The molecule has 0 amide bonds. The summed E-state index contributed by atoms with van der Waals surface area (Å²) in [6.07, 6.45) is 0.747. The molecule has 0 fully saturated rings. The van der Waals surface area contributed by atoms with E-state index in [0.29, 0.717) is 27.7 Å². The van der Waals surface area contributed by atoms with Gasteiger partial charge in [0.25, 0.3) is 0 Å². The number of hydrazine groups is 2. The van der Waals surface area contributed by atoms with Crippen LogP contribution < -0.4 is 10.3 Å². The molecule has 1 aliphatic heterocycles. The molecule has 0 bridgehead atoms. The molecule has 0 unspecified atom stereocenters. The van der Waals surface area contributed by atoms with Gasteiger partial charge in [-0.2, -0.15) is 5.12 Å². The third-order valence-electron chi connectivity index (χ3n) is 3.35. The van der Waals surface area contributed by atoms with Gasteiger partial charge in [-0.3, -0.25) is 9.80 Å². The quantitative estimate of drug-likeness (QED) is 0.404.